The molecule has 0 aliphatic rings. The minimum atomic E-state index is -0.964. The molecular formula is C82H88F8N16O8. The van der Waals surface area contributed by atoms with E-state index in [9.17, 15) is 80.0 Å². The molecule has 12 aromatic rings. The molecule has 12 heterocycles. The summed E-state index contributed by atoms with van der Waals surface area (Å²) in [4.78, 5) is 102. The van der Waals surface area contributed by atoms with Gasteiger partial charge in [0, 0.05) is 94.3 Å². The van der Waals surface area contributed by atoms with Gasteiger partial charge in [-0.15, -0.1) is 0 Å². The number of carboxylic acids is 4. The number of fused-ring (bicyclic) bond motifs is 4. The van der Waals surface area contributed by atoms with E-state index in [2.05, 4.69) is 74.8 Å². The maximum Gasteiger partial charge on any atom is 0.303 e. The van der Waals surface area contributed by atoms with Gasteiger partial charge in [-0.3, -0.25) is 19.2 Å². The van der Waals surface area contributed by atoms with Gasteiger partial charge in [0.15, 0.2) is 34.9 Å². The lowest BCUT2D eigenvalue weighted by Crippen LogP contribution is -2.28. The third kappa shape index (κ3) is 20.8. The fourth-order valence-corrected chi connectivity index (χ4v) is 13.1. The van der Waals surface area contributed by atoms with Crippen molar-refractivity contribution in [2.45, 2.75) is 160 Å². The third-order valence-corrected chi connectivity index (χ3v) is 22.1. The Bertz CT molecular complexity index is 5150. The SMILES string of the molecule is CCC(C)(C)C(CC(=O)O)Cc1nc(-c2c[nH]c3ncc(F)cc23)c(C#N)cc1F.CCC(C)(C)C(CC(=O)O)Cc1nc(-c2c[nH]c3ncc(F)cc23)ncc1F.CCC(C)(C)[C@@H](CC(=O)O)Cc1nc(-c2c[nH]c3ncc(F)cc23)ncc1F.CCC(C)(C)[C@H](CC(=O)O)Cc1nc(-c2c[nH]c3ncc(F)cc23)ncc1F. The Hall–Kier alpha value is -12.0. The quantitative estimate of drug-likeness (QED) is 0.0211. The van der Waals surface area contributed by atoms with Crippen LogP contribution in [0.2, 0.25) is 0 Å². The van der Waals surface area contributed by atoms with Crippen LogP contribution in [0.4, 0.5) is 35.1 Å². The Morgan fingerprint density at radius 1 is 0.368 bits per heavy atom. The summed E-state index contributed by atoms with van der Waals surface area (Å²) < 4.78 is 113. The molecule has 0 aliphatic carbocycles. The van der Waals surface area contributed by atoms with Crippen molar-refractivity contribution in [3.63, 3.8) is 0 Å². The second kappa shape index (κ2) is 36.2. The first kappa shape index (κ1) is 86.0. The molecule has 24 nitrogen and oxygen atoms in total. The number of rotatable bonds is 28. The minimum Gasteiger partial charge on any atom is -0.481 e. The molecule has 0 aliphatic heterocycles. The monoisotopic (exact) mass is 1580 g/mol. The topological polar surface area (TPSA) is 378 Å². The summed E-state index contributed by atoms with van der Waals surface area (Å²) in [5.41, 5.74) is 3.27. The largest absolute Gasteiger partial charge is 0.481 e. The van der Waals surface area contributed by atoms with E-state index in [1.54, 1.807) is 24.8 Å². The van der Waals surface area contributed by atoms with Crippen LogP contribution in [0, 0.1) is 103 Å². The first-order chi connectivity index (χ1) is 53.8. The Morgan fingerprint density at radius 3 is 0.860 bits per heavy atom. The molecular weight excluding hydrogens is 1490 g/mol. The Kier molecular flexibility index (Phi) is 27.3. The number of hydrogen-bond acceptors (Lipinski definition) is 16. The molecule has 0 bridgehead atoms. The van der Waals surface area contributed by atoms with Gasteiger partial charge in [0.25, 0.3) is 0 Å². The van der Waals surface area contributed by atoms with E-state index in [4.69, 9.17) is 0 Å². The summed E-state index contributed by atoms with van der Waals surface area (Å²) in [5.74, 6) is -8.77. The van der Waals surface area contributed by atoms with Crippen LogP contribution in [0.1, 0.15) is 163 Å². The lowest BCUT2D eigenvalue weighted by Gasteiger charge is -2.32. The number of nitrogens with zero attached hydrogens (tertiary/aromatic N) is 12. The highest BCUT2D eigenvalue weighted by Crippen LogP contribution is 2.42. The molecule has 0 aromatic carbocycles. The molecule has 0 saturated heterocycles. The minimum absolute atomic E-state index is 0.00551. The van der Waals surface area contributed by atoms with Crippen LogP contribution in [-0.2, 0) is 44.9 Å². The summed E-state index contributed by atoms with van der Waals surface area (Å²) in [6, 6.07) is 8.24. The number of halogens is 8. The van der Waals surface area contributed by atoms with E-state index in [0.29, 0.717) is 72.8 Å². The number of pyridine rings is 5. The predicted molar refractivity (Wildman–Crippen MR) is 409 cm³/mol. The van der Waals surface area contributed by atoms with Crippen molar-refractivity contribution >= 4 is 68.0 Å². The highest BCUT2D eigenvalue weighted by molar-refractivity contribution is 5.95. The van der Waals surface area contributed by atoms with E-state index in [0.717, 1.165) is 68.7 Å². The number of aliphatic carboxylic acids is 4. The number of aromatic nitrogens is 15. The van der Waals surface area contributed by atoms with Gasteiger partial charge in [-0.1, -0.05) is 109 Å². The zero-order chi connectivity index (χ0) is 83.5. The molecule has 0 saturated carbocycles. The van der Waals surface area contributed by atoms with Gasteiger partial charge in [-0.25, -0.2) is 89.9 Å². The number of nitriles is 1. The van der Waals surface area contributed by atoms with Gasteiger partial charge in [-0.05, 0) is 101 Å². The zero-order valence-electron chi connectivity index (χ0n) is 64.8. The van der Waals surface area contributed by atoms with Crippen LogP contribution in [0.5, 0.6) is 0 Å². The molecule has 12 rings (SSSR count). The highest BCUT2D eigenvalue weighted by atomic mass is 19.2. The van der Waals surface area contributed by atoms with E-state index in [-0.39, 0.29) is 148 Å². The average Bonchev–Trinajstić information content (AvgIpc) is 1.58. The lowest BCUT2D eigenvalue weighted by molar-refractivity contribution is -0.140. The number of carboxylic acid groups (broad SMARTS) is 4. The zero-order valence-corrected chi connectivity index (χ0v) is 64.8. The van der Waals surface area contributed by atoms with Crippen molar-refractivity contribution < 1.29 is 74.7 Å². The van der Waals surface area contributed by atoms with Gasteiger partial charge < -0.3 is 40.4 Å². The van der Waals surface area contributed by atoms with Crippen molar-refractivity contribution in [3.8, 4) is 51.5 Å². The van der Waals surface area contributed by atoms with Crippen molar-refractivity contribution in [1.82, 2.24) is 74.8 Å². The molecule has 8 N–H and O–H groups in total. The average molecular weight is 1580 g/mol. The van der Waals surface area contributed by atoms with Gasteiger partial charge in [0.2, 0.25) is 0 Å². The molecule has 0 spiro atoms. The summed E-state index contributed by atoms with van der Waals surface area (Å²) in [5, 5.41) is 48.5. The molecule has 12 aromatic heterocycles. The predicted octanol–water partition coefficient (Wildman–Crippen LogP) is 17.9. The normalized spacial score (nSPS) is 12.9. The van der Waals surface area contributed by atoms with Crippen LogP contribution in [-0.4, -0.2) is 119 Å². The first-order valence-electron chi connectivity index (χ1n) is 36.8. The number of carbonyl (C=O) groups is 4. The van der Waals surface area contributed by atoms with Crippen molar-refractivity contribution in [3.05, 3.63) is 173 Å². The molecule has 32 heteroatoms. The highest BCUT2D eigenvalue weighted by Gasteiger charge is 2.36. The van der Waals surface area contributed by atoms with E-state index in [1.165, 1.54) is 24.3 Å². The Morgan fingerprint density at radius 2 is 0.614 bits per heavy atom. The van der Waals surface area contributed by atoms with E-state index >= 15 is 0 Å². The van der Waals surface area contributed by atoms with Gasteiger partial charge in [-0.2, -0.15) is 5.26 Å². The molecule has 4 atom stereocenters. The molecule has 0 amide bonds. The molecule has 114 heavy (non-hydrogen) atoms. The number of hydrogen-bond donors (Lipinski definition) is 8. The number of H-pyrrole nitrogens is 4. The second-order valence-electron chi connectivity index (χ2n) is 30.8. The smallest absolute Gasteiger partial charge is 0.303 e. The molecule has 0 fully saturated rings. The van der Waals surface area contributed by atoms with Gasteiger partial charge in [0.1, 0.15) is 57.7 Å². The Balaban J connectivity index is 0.000000174. The summed E-state index contributed by atoms with van der Waals surface area (Å²) in [6.07, 6.45) is 17.1. The number of aromatic amines is 4. The van der Waals surface area contributed by atoms with Crippen LogP contribution in [0.15, 0.2) is 98.5 Å². The van der Waals surface area contributed by atoms with Crippen LogP contribution in [0.25, 0.3) is 89.6 Å². The summed E-state index contributed by atoms with van der Waals surface area (Å²) in [7, 11) is 0. The lowest BCUT2D eigenvalue weighted by atomic mass is 9.72. The maximum atomic E-state index is 14.8. The summed E-state index contributed by atoms with van der Waals surface area (Å²) >= 11 is 0. The van der Waals surface area contributed by atoms with Gasteiger partial charge in [0.05, 0.1) is 77.4 Å². The van der Waals surface area contributed by atoms with Crippen molar-refractivity contribution in [2.75, 3.05) is 0 Å². The Labute approximate surface area is 650 Å². The van der Waals surface area contributed by atoms with Crippen LogP contribution >= 0.6 is 0 Å². The fourth-order valence-electron chi connectivity index (χ4n) is 13.1. The molecule has 0 radical (unpaired) electrons. The van der Waals surface area contributed by atoms with E-state index < -0.39 is 70.4 Å². The second-order valence-corrected chi connectivity index (χ2v) is 30.8. The van der Waals surface area contributed by atoms with Crippen LogP contribution in [0.3, 0.4) is 0 Å². The standard InChI is InChI=1S/C22H22F2N4O2.3C20H22F2N4O2/c1-4-22(2,3)13(7-19(29)30)6-18-17(24)5-12(9-25)20(28-18)16-11-27-21-15(16)8-14(23)10-26-21;3*1-4-20(2,3)11(6-17(27)28)5-16-15(22)10-25-19(26-16)14-9-24-18-13(14)7-12(21)8-23-18/h5,8,10-11,13H,4,6-7H2,1-3H3,(H,26,27)(H,29,30);3*7-11H,4-6H2,1-3H3,(H,23,24)(H,27,28)/t;2*11-;/m.10./s1. The third-order valence-electron chi connectivity index (χ3n) is 22.1. The van der Waals surface area contributed by atoms with Crippen molar-refractivity contribution in [2.24, 2.45) is 45.3 Å². The maximum absolute atomic E-state index is 14.8. The van der Waals surface area contributed by atoms with E-state index in [1.807, 2.05) is 89.2 Å². The summed E-state index contributed by atoms with van der Waals surface area (Å²) in [6.45, 7) is 23.6. The fraction of sp³-hybridized carbons (Fsp3) is 0.390. The molecule has 2 unspecified atom stereocenters. The van der Waals surface area contributed by atoms with Gasteiger partial charge >= 0.3 is 23.9 Å². The van der Waals surface area contributed by atoms with Crippen molar-refractivity contribution in [1.29, 1.82) is 5.26 Å². The first-order valence-corrected chi connectivity index (χ1v) is 36.8. The number of nitrogens with one attached hydrogen (secondary N) is 4. The molecule has 600 valence electrons. The van der Waals surface area contributed by atoms with Crippen LogP contribution < -0.4 is 0 Å².